The van der Waals surface area contributed by atoms with Gasteiger partial charge in [0, 0.05) is 33.1 Å². The van der Waals surface area contributed by atoms with Crippen molar-refractivity contribution in [2.45, 2.75) is 0 Å². The van der Waals surface area contributed by atoms with Crippen LogP contribution < -0.4 is 25.6 Å². The van der Waals surface area contributed by atoms with E-state index in [2.05, 4.69) is 254 Å². The summed E-state index contributed by atoms with van der Waals surface area (Å²) in [5.74, 6) is 0. The zero-order chi connectivity index (χ0) is 40.6. The lowest BCUT2D eigenvalue weighted by atomic mass is 9.99. The Morgan fingerprint density at radius 2 is 0.754 bits per heavy atom. The molecule has 0 saturated heterocycles. The summed E-state index contributed by atoms with van der Waals surface area (Å²) in [6, 6.07) is 90.4. The molecule has 0 atom stereocenters. The van der Waals surface area contributed by atoms with Crippen LogP contribution in [0.4, 0.5) is 17.1 Å². The minimum absolute atomic E-state index is 0.856. The van der Waals surface area contributed by atoms with Crippen LogP contribution >= 0.6 is 0 Å². The van der Waals surface area contributed by atoms with Gasteiger partial charge in [0.15, 0.2) is 13.7 Å². The molecule has 0 aliphatic carbocycles. The smallest absolute Gasteiger partial charge is 0.179 e. The molecular weight excluding hydrogens is 755 g/mol. The fourth-order valence-corrected chi connectivity index (χ4v) is 14.2. The van der Waals surface area contributed by atoms with Crippen molar-refractivity contribution in [3.8, 4) is 22.3 Å². The Hall–Kier alpha value is -7.72. The van der Waals surface area contributed by atoms with E-state index in [9.17, 15) is 0 Å². The molecule has 0 spiro atoms. The van der Waals surface area contributed by atoms with E-state index in [4.69, 9.17) is 4.42 Å². The van der Waals surface area contributed by atoms with Crippen LogP contribution in [0.2, 0.25) is 0 Å². The molecule has 11 aromatic rings. The van der Waals surface area contributed by atoms with Gasteiger partial charge in [-0.2, -0.15) is 0 Å². The first-order valence-corrected chi connectivity index (χ1v) is 22.9. The van der Waals surface area contributed by atoms with Gasteiger partial charge in [-0.25, -0.2) is 0 Å². The highest BCUT2D eigenvalue weighted by atomic mass is 28.3. The maximum atomic E-state index is 7.21. The number of furan rings is 1. The number of fused-ring (bicyclic) bond motifs is 4. The number of rotatable bonds is 9. The van der Waals surface area contributed by atoms with Gasteiger partial charge < -0.3 is 9.32 Å². The third-order valence-corrected chi connectivity index (χ3v) is 17.0. The molecule has 288 valence electrons. The zero-order valence-corrected chi connectivity index (χ0v) is 34.5. The third kappa shape index (κ3) is 6.26. The molecule has 1 heterocycles. The summed E-state index contributed by atoms with van der Waals surface area (Å²) in [5, 5.41) is 9.83. The number of hydrogen-bond donors (Lipinski definition) is 0. The van der Waals surface area contributed by atoms with Crippen molar-refractivity contribution in [3.05, 3.63) is 249 Å². The minimum Gasteiger partial charge on any atom is -0.453 e. The second-order valence-corrected chi connectivity index (χ2v) is 19.4. The molecule has 0 unspecified atom stereocenters. The van der Waals surface area contributed by atoms with Gasteiger partial charge in [-0.15, -0.1) is 0 Å². The molecule has 0 fully saturated rings. The van der Waals surface area contributed by atoms with Crippen LogP contribution in [0.15, 0.2) is 253 Å². The zero-order valence-electron chi connectivity index (χ0n) is 33.5. The fraction of sp³-hybridized carbons (Fsp3) is 0. The van der Waals surface area contributed by atoms with E-state index in [1.807, 2.05) is 0 Å². The molecule has 61 heavy (non-hydrogen) atoms. The van der Waals surface area contributed by atoms with Crippen LogP contribution in [-0.4, -0.2) is 8.07 Å². The fourth-order valence-electron chi connectivity index (χ4n) is 9.41. The summed E-state index contributed by atoms with van der Waals surface area (Å²) in [4.78, 5) is 2.41. The first-order chi connectivity index (χ1) is 30.3. The van der Waals surface area contributed by atoms with Crippen LogP contribution in [0.5, 0.6) is 0 Å². The largest absolute Gasteiger partial charge is 0.453 e. The summed E-state index contributed by atoms with van der Waals surface area (Å²) < 4.78 is 7.21. The predicted octanol–water partition coefficient (Wildman–Crippen LogP) is 12.9. The molecular formula is C58H41NOSi. The number of para-hydroxylation sites is 1. The van der Waals surface area contributed by atoms with Crippen LogP contribution in [0.25, 0.3) is 55.0 Å². The highest BCUT2D eigenvalue weighted by molar-refractivity contribution is 7.19. The number of nitrogens with zero attached hydrogens (tertiary/aromatic N) is 1. The van der Waals surface area contributed by atoms with E-state index in [-0.39, 0.29) is 0 Å². The van der Waals surface area contributed by atoms with E-state index >= 15 is 0 Å². The average molecular weight is 796 g/mol. The second kappa shape index (κ2) is 15.5. The molecule has 1 aromatic heterocycles. The van der Waals surface area contributed by atoms with Crippen molar-refractivity contribution in [2.75, 3.05) is 4.90 Å². The number of hydrogen-bond acceptors (Lipinski definition) is 2. The van der Waals surface area contributed by atoms with Crippen LogP contribution in [0.1, 0.15) is 0 Å². The van der Waals surface area contributed by atoms with E-state index in [1.165, 1.54) is 31.9 Å². The van der Waals surface area contributed by atoms with Crippen molar-refractivity contribution in [1.82, 2.24) is 0 Å². The quantitative estimate of drug-likeness (QED) is 0.107. The van der Waals surface area contributed by atoms with Crippen molar-refractivity contribution < 1.29 is 4.42 Å². The van der Waals surface area contributed by atoms with Crippen molar-refractivity contribution in [1.29, 1.82) is 0 Å². The van der Waals surface area contributed by atoms with Gasteiger partial charge in [0.2, 0.25) is 0 Å². The summed E-state index contributed by atoms with van der Waals surface area (Å²) in [7, 11) is -2.75. The van der Waals surface area contributed by atoms with Gasteiger partial charge in [0.25, 0.3) is 0 Å². The van der Waals surface area contributed by atoms with E-state index < -0.39 is 8.07 Å². The first-order valence-electron chi connectivity index (χ1n) is 20.9. The van der Waals surface area contributed by atoms with E-state index in [0.717, 1.165) is 60.9 Å². The first kappa shape index (κ1) is 36.4. The van der Waals surface area contributed by atoms with Gasteiger partial charge in [-0.05, 0) is 73.2 Å². The van der Waals surface area contributed by atoms with Crippen molar-refractivity contribution in [3.63, 3.8) is 0 Å². The second-order valence-electron chi connectivity index (χ2n) is 15.6. The molecule has 0 bridgehead atoms. The summed E-state index contributed by atoms with van der Waals surface area (Å²) >= 11 is 0. The molecule has 0 amide bonds. The monoisotopic (exact) mass is 795 g/mol. The molecule has 2 nitrogen and oxygen atoms in total. The highest BCUT2D eigenvalue weighted by Gasteiger charge is 2.41. The molecule has 3 heteroatoms. The number of benzene rings is 10. The highest BCUT2D eigenvalue weighted by Crippen LogP contribution is 2.48. The topological polar surface area (TPSA) is 16.4 Å². The van der Waals surface area contributed by atoms with E-state index in [1.54, 1.807) is 0 Å². The summed E-state index contributed by atoms with van der Waals surface area (Å²) in [6.07, 6.45) is 0. The van der Waals surface area contributed by atoms with Gasteiger partial charge in [-0.1, -0.05) is 218 Å². The molecule has 0 aliphatic heterocycles. The van der Waals surface area contributed by atoms with Crippen LogP contribution in [0, 0.1) is 0 Å². The molecule has 11 rings (SSSR count). The SMILES string of the molecule is c1ccc(-c2ccc(N(c3ccc([Si](c4ccccc4)(c4ccccc4)c4ccccc4)cc3)c3c4ccccc4cc4c3oc3c(-c5ccccc5)cccc34)cc2)cc1. The summed E-state index contributed by atoms with van der Waals surface area (Å²) in [5.41, 5.74) is 9.42. The third-order valence-electron chi connectivity index (χ3n) is 12.2. The Morgan fingerprint density at radius 3 is 1.33 bits per heavy atom. The Morgan fingerprint density at radius 1 is 0.311 bits per heavy atom. The lowest BCUT2D eigenvalue weighted by Gasteiger charge is -2.35. The lowest BCUT2D eigenvalue weighted by molar-refractivity contribution is 0.670. The molecule has 0 aliphatic rings. The van der Waals surface area contributed by atoms with Gasteiger partial charge >= 0.3 is 0 Å². The lowest BCUT2D eigenvalue weighted by Crippen LogP contribution is -2.74. The standard InChI is InChI=1S/C58H41NOSi/c1-6-19-42(20-7-1)43-33-35-46(36-34-43)59(56-52-30-17-16-23-45(52)41-55-54-32-18-31-53(57(54)60-58(55)56)44-21-8-2-9-22-44)47-37-39-51(40-38-47)61(48-24-10-3-11-25-48,49-26-12-4-13-27-49)50-28-14-5-15-29-50/h1-41H. The van der Waals surface area contributed by atoms with Gasteiger partial charge in [-0.3, -0.25) is 0 Å². The van der Waals surface area contributed by atoms with Crippen LogP contribution in [0.3, 0.4) is 0 Å². The average Bonchev–Trinajstić information content (AvgIpc) is 3.72. The van der Waals surface area contributed by atoms with Gasteiger partial charge in [0.1, 0.15) is 5.58 Å². The molecule has 10 aromatic carbocycles. The molecule has 0 N–H and O–H groups in total. The molecule has 0 radical (unpaired) electrons. The van der Waals surface area contributed by atoms with Gasteiger partial charge in [0.05, 0.1) is 5.69 Å². The number of anilines is 3. The van der Waals surface area contributed by atoms with Crippen molar-refractivity contribution in [2.24, 2.45) is 0 Å². The Balaban J connectivity index is 1.17. The Kier molecular flexibility index (Phi) is 9.22. The Bertz CT molecular complexity index is 3160. The van der Waals surface area contributed by atoms with E-state index in [0.29, 0.717) is 0 Å². The Labute approximate surface area is 357 Å². The van der Waals surface area contributed by atoms with Crippen LogP contribution in [-0.2, 0) is 0 Å². The minimum atomic E-state index is -2.75. The normalized spacial score (nSPS) is 11.6. The maximum Gasteiger partial charge on any atom is 0.179 e. The predicted molar refractivity (Wildman–Crippen MR) is 260 cm³/mol. The molecule has 0 saturated carbocycles. The maximum absolute atomic E-state index is 7.21. The summed E-state index contributed by atoms with van der Waals surface area (Å²) in [6.45, 7) is 0. The van der Waals surface area contributed by atoms with Crippen molar-refractivity contribution >= 4 is 78.6 Å².